The predicted molar refractivity (Wildman–Crippen MR) is 229 cm³/mol. The molecule has 10 heteroatoms. The summed E-state index contributed by atoms with van der Waals surface area (Å²) in [4.78, 5) is 0.263. The first-order valence-corrected chi connectivity index (χ1v) is 23.3. The van der Waals surface area contributed by atoms with E-state index in [-0.39, 0.29) is 4.90 Å². The lowest BCUT2D eigenvalue weighted by Crippen LogP contribution is -2.12. The van der Waals surface area contributed by atoms with Crippen LogP contribution in [0.5, 0.6) is 0 Å². The number of hydrogen-bond donors (Lipinski definition) is 2. The van der Waals surface area contributed by atoms with Gasteiger partial charge in [0.15, 0.2) is 0 Å². The van der Waals surface area contributed by atoms with Crippen LogP contribution in [0, 0.1) is 0 Å². The summed E-state index contributed by atoms with van der Waals surface area (Å²) in [6.07, 6.45) is 4.97. The summed E-state index contributed by atoms with van der Waals surface area (Å²) in [5, 5.41) is 1.31. The van der Waals surface area contributed by atoms with Crippen molar-refractivity contribution in [3.63, 3.8) is 0 Å². The molecule has 0 amide bonds. The lowest BCUT2D eigenvalue weighted by atomic mass is 10.0. The van der Waals surface area contributed by atoms with Crippen LogP contribution in [-0.2, 0) is 57.2 Å². The van der Waals surface area contributed by atoms with Gasteiger partial charge in [0.25, 0.3) is 10.0 Å². The van der Waals surface area contributed by atoms with Crippen LogP contribution in [0.4, 0.5) is 11.4 Å². The van der Waals surface area contributed by atoms with Crippen LogP contribution in [0.1, 0.15) is 61.1 Å². The maximum Gasteiger partial charge on any atom is 0.261 e. The molecule has 0 aliphatic rings. The van der Waals surface area contributed by atoms with Gasteiger partial charge >= 0.3 is 0 Å². The van der Waals surface area contributed by atoms with Crippen LogP contribution in [-0.4, -0.2) is 33.6 Å². The number of benzene rings is 5. The molecule has 53 heavy (non-hydrogen) atoms. The molecule has 0 atom stereocenters. The van der Waals surface area contributed by atoms with Crippen molar-refractivity contribution in [2.45, 2.75) is 80.3 Å². The molecule has 6 nitrogen and oxygen atoms in total. The number of sulfonamides is 2. The molecule has 282 valence electrons. The number of rotatable bonds is 17. The Kier molecular flexibility index (Phi) is 16.4. The number of aryl methyl sites for hydroxylation is 4. The summed E-state index contributed by atoms with van der Waals surface area (Å²) >= 11 is 3.91. The van der Waals surface area contributed by atoms with E-state index in [1.807, 2.05) is 72.1 Å². The minimum Gasteiger partial charge on any atom is -0.284 e. The summed E-state index contributed by atoms with van der Waals surface area (Å²) < 4.78 is 52.3. The highest BCUT2D eigenvalue weighted by molar-refractivity contribution is 7.99. The van der Waals surface area contributed by atoms with Crippen molar-refractivity contribution >= 4 is 54.9 Å². The first-order valence-electron chi connectivity index (χ1n) is 17.9. The number of nitrogens with one attached hydrogen (secondary N) is 2. The summed E-state index contributed by atoms with van der Waals surface area (Å²) in [6.45, 7) is 8.87. The fraction of sp³-hybridized carbons (Fsp3) is 0.302. The lowest BCUT2D eigenvalue weighted by Gasteiger charge is -2.09. The second-order valence-corrected chi connectivity index (χ2v) is 20.1. The number of anilines is 2. The van der Waals surface area contributed by atoms with E-state index < -0.39 is 20.0 Å². The number of thioether (sulfide) groups is 2. The van der Waals surface area contributed by atoms with Gasteiger partial charge in [-0.1, -0.05) is 119 Å². The average Bonchev–Trinajstić information content (AvgIpc) is 3.13. The smallest absolute Gasteiger partial charge is 0.261 e. The molecule has 0 heterocycles. The molecule has 2 N–H and O–H groups in total. The minimum atomic E-state index is -3.55. The fourth-order valence-electron chi connectivity index (χ4n) is 5.21. The van der Waals surface area contributed by atoms with Crippen molar-refractivity contribution in [1.29, 1.82) is 0 Å². The Morgan fingerprint density at radius 2 is 0.774 bits per heavy atom. The van der Waals surface area contributed by atoms with Crippen molar-refractivity contribution in [2.24, 2.45) is 0 Å². The third-order valence-electron chi connectivity index (χ3n) is 8.13. The molecular formula is C43H52N2O4S4. The summed E-state index contributed by atoms with van der Waals surface area (Å²) in [5.74, 6) is 2.12. The van der Waals surface area contributed by atoms with Gasteiger partial charge in [-0.15, -0.1) is 0 Å². The predicted octanol–water partition coefficient (Wildman–Crippen LogP) is 10.4. The van der Waals surface area contributed by atoms with Gasteiger partial charge < -0.3 is 0 Å². The van der Waals surface area contributed by atoms with Gasteiger partial charge in [0, 0.05) is 22.9 Å². The third-order valence-corrected chi connectivity index (χ3v) is 12.5. The standard InChI is InChI=1S/C24H27NO2S2.C19H25NO2S2/c1-19(2)28-18-22-12-10-20(11-13-22)8-9-21-14-16-23(17-15-21)25-29(26,27)24-6-4-3-5-7-24;1-15(2)23-14-18-8-6-16(7-9-18)4-5-17-10-12-19(13-11-17)20-24(3,21)22/h3-7,10-17,19,25H,8-9,18H2,1-2H3;6-13,15,20H,4-5,14H2,1-3H3. The summed E-state index contributed by atoms with van der Waals surface area (Å²) in [7, 11) is -6.76. The molecule has 0 aromatic heterocycles. The van der Waals surface area contributed by atoms with E-state index in [1.54, 1.807) is 30.3 Å². The third kappa shape index (κ3) is 16.1. The Morgan fingerprint density at radius 1 is 0.453 bits per heavy atom. The maximum absolute atomic E-state index is 12.4. The first kappa shape index (κ1) is 42.0. The quantitative estimate of drug-likeness (QED) is 0.0975. The lowest BCUT2D eigenvalue weighted by molar-refractivity contribution is 0.600. The van der Waals surface area contributed by atoms with Crippen LogP contribution in [0.15, 0.2) is 132 Å². The molecule has 5 aromatic carbocycles. The van der Waals surface area contributed by atoms with Gasteiger partial charge in [-0.3, -0.25) is 9.44 Å². The van der Waals surface area contributed by atoms with Gasteiger partial charge in [0.1, 0.15) is 0 Å². The van der Waals surface area contributed by atoms with Crippen molar-refractivity contribution < 1.29 is 16.8 Å². The Morgan fingerprint density at radius 3 is 1.11 bits per heavy atom. The van der Waals surface area contributed by atoms with Crippen LogP contribution < -0.4 is 9.44 Å². The highest BCUT2D eigenvalue weighted by Crippen LogP contribution is 2.21. The minimum absolute atomic E-state index is 0.263. The number of hydrogen-bond acceptors (Lipinski definition) is 6. The highest BCUT2D eigenvalue weighted by Gasteiger charge is 2.13. The van der Waals surface area contributed by atoms with E-state index in [2.05, 4.69) is 85.7 Å². The van der Waals surface area contributed by atoms with E-state index in [4.69, 9.17) is 0 Å². The summed E-state index contributed by atoms with van der Waals surface area (Å²) in [6, 6.07) is 41.2. The highest BCUT2D eigenvalue weighted by atomic mass is 32.2. The van der Waals surface area contributed by atoms with Gasteiger partial charge in [-0.25, -0.2) is 16.8 Å². The Balaban J connectivity index is 0.000000241. The topological polar surface area (TPSA) is 92.3 Å². The normalized spacial score (nSPS) is 11.6. The molecule has 0 unspecified atom stereocenters. The van der Waals surface area contributed by atoms with Gasteiger partial charge in [0.05, 0.1) is 11.2 Å². The van der Waals surface area contributed by atoms with Crippen molar-refractivity contribution in [3.8, 4) is 0 Å². The molecule has 0 radical (unpaired) electrons. The average molecular weight is 789 g/mol. The van der Waals surface area contributed by atoms with E-state index in [0.717, 1.165) is 43.4 Å². The van der Waals surface area contributed by atoms with Crippen molar-refractivity contribution in [1.82, 2.24) is 0 Å². The molecular weight excluding hydrogens is 737 g/mol. The Hall–Kier alpha value is -3.70. The van der Waals surface area contributed by atoms with E-state index in [1.165, 1.54) is 33.4 Å². The molecule has 0 saturated carbocycles. The largest absolute Gasteiger partial charge is 0.284 e. The molecule has 0 aliphatic carbocycles. The van der Waals surface area contributed by atoms with Crippen LogP contribution in [0.3, 0.4) is 0 Å². The molecule has 0 bridgehead atoms. The molecule has 0 saturated heterocycles. The van der Waals surface area contributed by atoms with Gasteiger partial charge in [-0.2, -0.15) is 23.5 Å². The monoisotopic (exact) mass is 788 g/mol. The van der Waals surface area contributed by atoms with Crippen LogP contribution >= 0.6 is 23.5 Å². The van der Waals surface area contributed by atoms with E-state index >= 15 is 0 Å². The molecule has 0 spiro atoms. The Labute approximate surface area is 326 Å². The van der Waals surface area contributed by atoms with E-state index in [0.29, 0.717) is 21.9 Å². The molecule has 0 aliphatic heterocycles. The maximum atomic E-state index is 12.4. The zero-order valence-corrected chi connectivity index (χ0v) is 34.6. The Bertz CT molecular complexity index is 2030. The first-order chi connectivity index (χ1) is 25.2. The van der Waals surface area contributed by atoms with E-state index in [9.17, 15) is 16.8 Å². The molecule has 0 fully saturated rings. The van der Waals surface area contributed by atoms with Gasteiger partial charge in [-0.05, 0) is 106 Å². The van der Waals surface area contributed by atoms with Gasteiger partial charge in [0.2, 0.25) is 10.0 Å². The SMILES string of the molecule is CC(C)SCc1ccc(CCc2ccc(NS(=O)(=O)c3ccccc3)cc2)cc1.CC(C)SCc1ccc(CCc2ccc(NS(C)(=O)=O)cc2)cc1. The van der Waals surface area contributed by atoms with Crippen LogP contribution in [0.25, 0.3) is 0 Å². The second-order valence-electron chi connectivity index (χ2n) is 13.5. The second kappa shape index (κ2) is 20.7. The summed E-state index contributed by atoms with van der Waals surface area (Å²) in [5.41, 5.74) is 8.94. The zero-order chi connectivity index (χ0) is 38.3. The molecule has 5 aromatic rings. The van der Waals surface area contributed by atoms with Crippen molar-refractivity contribution in [3.05, 3.63) is 161 Å². The van der Waals surface area contributed by atoms with Crippen LogP contribution in [0.2, 0.25) is 0 Å². The van der Waals surface area contributed by atoms with Crippen molar-refractivity contribution in [2.75, 3.05) is 15.7 Å². The zero-order valence-electron chi connectivity index (χ0n) is 31.3. The fourth-order valence-corrected chi connectivity index (χ4v) is 8.29. The molecule has 5 rings (SSSR count).